The van der Waals surface area contributed by atoms with E-state index in [0.717, 1.165) is 4.88 Å². The van der Waals surface area contributed by atoms with Crippen LogP contribution in [-0.4, -0.2) is 22.7 Å². The van der Waals surface area contributed by atoms with Gasteiger partial charge in [-0.25, -0.2) is 9.78 Å². The fraction of sp³-hybridized carbons (Fsp3) is 0.214. The molecular weight excluding hydrogens is 361 g/mol. The van der Waals surface area contributed by atoms with Crippen molar-refractivity contribution in [2.75, 3.05) is 5.88 Å². The number of nitrogens with two attached hydrogens (primary N) is 1. The maximum absolute atomic E-state index is 11.3. The fourth-order valence-corrected chi connectivity index (χ4v) is 2.62. The number of alkyl halides is 1. The predicted molar refractivity (Wildman–Crippen MR) is 90.1 cm³/mol. The molecule has 0 amide bonds. The molecule has 122 valence electrons. The van der Waals surface area contributed by atoms with Gasteiger partial charge in [0.1, 0.15) is 12.4 Å². The molecule has 1 heterocycles. The maximum Gasteiger partial charge on any atom is 0.336 e. The first-order chi connectivity index (χ1) is 11.1. The third kappa shape index (κ3) is 5.38. The largest absolute Gasteiger partial charge is 0.487 e. The van der Waals surface area contributed by atoms with Crippen LogP contribution in [0.1, 0.15) is 16.9 Å². The first kappa shape index (κ1) is 17.5. The Morgan fingerprint density at radius 1 is 1.39 bits per heavy atom. The summed E-state index contributed by atoms with van der Waals surface area (Å²) >= 11 is 12.5. The van der Waals surface area contributed by atoms with Gasteiger partial charge < -0.3 is 15.3 Å². The number of ether oxygens (including phenoxy) is 1. The minimum Gasteiger partial charge on any atom is -0.487 e. The van der Waals surface area contributed by atoms with Crippen LogP contribution in [0.25, 0.3) is 0 Å². The molecule has 0 aliphatic carbocycles. The Hall–Kier alpha value is -1.83. The highest BCUT2D eigenvalue weighted by molar-refractivity contribution is 7.15. The minimum absolute atomic E-state index is 0.0332. The summed E-state index contributed by atoms with van der Waals surface area (Å²) in [6.07, 6.45) is 1.70. The monoisotopic (exact) mass is 373 g/mol. The number of rotatable bonds is 7. The van der Waals surface area contributed by atoms with Crippen LogP contribution in [-0.2, 0) is 16.2 Å². The average molecular weight is 374 g/mol. The quantitative estimate of drug-likeness (QED) is 0.265. The predicted octanol–water partition coefficient (Wildman–Crippen LogP) is 3.17. The summed E-state index contributed by atoms with van der Waals surface area (Å²) in [5.74, 6) is 0.143. The second-order valence-corrected chi connectivity index (χ2v) is 6.32. The maximum atomic E-state index is 11.3. The van der Waals surface area contributed by atoms with E-state index >= 15 is 0 Å². The molecule has 9 heteroatoms. The van der Waals surface area contributed by atoms with Crippen LogP contribution >= 0.6 is 34.5 Å². The van der Waals surface area contributed by atoms with E-state index in [2.05, 4.69) is 15.0 Å². The third-order valence-electron chi connectivity index (χ3n) is 2.60. The highest BCUT2D eigenvalue weighted by Gasteiger charge is 2.10. The molecule has 0 aliphatic rings. The lowest BCUT2D eigenvalue weighted by Gasteiger charge is -2.09. The summed E-state index contributed by atoms with van der Waals surface area (Å²) in [5, 5.41) is 3.61. The molecule has 23 heavy (non-hydrogen) atoms. The van der Waals surface area contributed by atoms with Crippen molar-refractivity contribution in [3.63, 3.8) is 0 Å². The molecule has 0 atom stereocenters. The molecule has 0 saturated heterocycles. The zero-order chi connectivity index (χ0) is 16.7. The number of halogens is 2. The summed E-state index contributed by atoms with van der Waals surface area (Å²) < 4.78 is 6.15. The molecule has 6 nitrogen and oxygen atoms in total. The number of carbonyl (C=O) groups excluding carboxylic acids is 1. The van der Waals surface area contributed by atoms with Crippen LogP contribution in [0.3, 0.4) is 0 Å². The van der Waals surface area contributed by atoms with Gasteiger partial charge in [-0.1, -0.05) is 28.9 Å². The summed E-state index contributed by atoms with van der Waals surface area (Å²) in [7, 11) is 0. The number of amidine groups is 1. The van der Waals surface area contributed by atoms with Crippen molar-refractivity contribution in [2.45, 2.75) is 13.0 Å². The van der Waals surface area contributed by atoms with Gasteiger partial charge in [0.05, 0.1) is 16.9 Å². The number of oxime groups is 1. The number of thiazole rings is 1. The van der Waals surface area contributed by atoms with Gasteiger partial charge in [-0.05, 0) is 12.1 Å². The fourth-order valence-electron chi connectivity index (χ4n) is 1.58. The lowest BCUT2D eigenvalue weighted by molar-refractivity contribution is -0.143. The number of para-hydroxylation sites is 1. The Morgan fingerprint density at radius 3 is 2.87 bits per heavy atom. The lowest BCUT2D eigenvalue weighted by atomic mass is 10.2. The second-order valence-electron chi connectivity index (χ2n) is 4.24. The minimum atomic E-state index is -0.555. The van der Waals surface area contributed by atoms with Crippen LogP contribution in [0.2, 0.25) is 4.47 Å². The average Bonchev–Trinajstić information content (AvgIpc) is 2.97. The number of nitrogens with zero attached hydrogens (tertiary/aromatic N) is 2. The van der Waals surface area contributed by atoms with E-state index in [-0.39, 0.29) is 18.1 Å². The summed E-state index contributed by atoms with van der Waals surface area (Å²) in [6, 6.07) is 7.02. The van der Waals surface area contributed by atoms with Gasteiger partial charge in [-0.3, -0.25) is 0 Å². The molecule has 0 unspecified atom stereocenters. The molecule has 1 aromatic carbocycles. The van der Waals surface area contributed by atoms with Crippen molar-refractivity contribution < 1.29 is 14.4 Å². The van der Waals surface area contributed by atoms with E-state index < -0.39 is 5.97 Å². The summed E-state index contributed by atoms with van der Waals surface area (Å²) in [5.41, 5.74) is 6.36. The number of hydrogen-bond acceptors (Lipinski definition) is 6. The van der Waals surface area contributed by atoms with Gasteiger partial charge >= 0.3 is 5.97 Å². The highest BCUT2D eigenvalue weighted by atomic mass is 35.5. The van der Waals surface area contributed by atoms with Gasteiger partial charge in [0.25, 0.3) is 0 Å². The van der Waals surface area contributed by atoms with Crippen molar-refractivity contribution in [3.05, 3.63) is 45.4 Å². The van der Waals surface area contributed by atoms with Gasteiger partial charge in [-0.2, -0.15) is 0 Å². The molecule has 0 aliphatic heterocycles. The molecule has 0 saturated carbocycles. The van der Waals surface area contributed by atoms with Gasteiger partial charge in [0, 0.05) is 12.1 Å². The zero-order valence-corrected chi connectivity index (χ0v) is 14.2. The van der Waals surface area contributed by atoms with Gasteiger partial charge in [0.15, 0.2) is 10.3 Å². The molecule has 0 radical (unpaired) electrons. The van der Waals surface area contributed by atoms with Crippen molar-refractivity contribution >= 4 is 46.3 Å². The Morgan fingerprint density at radius 2 is 2.17 bits per heavy atom. The third-order valence-corrected chi connectivity index (χ3v) is 3.88. The molecule has 1 aromatic heterocycles. The van der Waals surface area contributed by atoms with Crippen LogP contribution in [0.5, 0.6) is 5.75 Å². The lowest BCUT2D eigenvalue weighted by Crippen LogP contribution is -2.16. The Kier molecular flexibility index (Phi) is 6.64. The molecule has 0 spiro atoms. The van der Waals surface area contributed by atoms with Crippen molar-refractivity contribution in [1.82, 2.24) is 4.98 Å². The zero-order valence-electron chi connectivity index (χ0n) is 11.9. The van der Waals surface area contributed by atoms with Crippen LogP contribution in [0.4, 0.5) is 0 Å². The standard InChI is InChI=1S/C14H13Cl2N3O3S/c15-6-5-12(20)22-19-13(17)10-3-1-2-4-11(10)21-8-9-7-18-14(16)23-9/h1-4,7H,5-6,8H2,(H2,17,19). The number of aromatic nitrogens is 1. The first-order valence-electron chi connectivity index (χ1n) is 6.52. The summed E-state index contributed by atoms with van der Waals surface area (Å²) in [6.45, 7) is 0.292. The van der Waals surface area contributed by atoms with E-state index in [1.54, 1.807) is 30.5 Å². The normalized spacial score (nSPS) is 11.3. The van der Waals surface area contributed by atoms with Crippen LogP contribution < -0.4 is 10.5 Å². The summed E-state index contributed by atoms with van der Waals surface area (Å²) in [4.78, 5) is 20.7. The highest BCUT2D eigenvalue weighted by Crippen LogP contribution is 2.22. The molecule has 2 aromatic rings. The molecule has 2 rings (SSSR count). The SMILES string of the molecule is NC(=NOC(=O)CCCl)c1ccccc1OCc1cnc(Cl)s1. The van der Waals surface area contributed by atoms with Crippen molar-refractivity contribution in [1.29, 1.82) is 0 Å². The molecule has 2 N–H and O–H groups in total. The topological polar surface area (TPSA) is 86.8 Å². The van der Waals surface area contributed by atoms with E-state index in [9.17, 15) is 4.79 Å². The smallest absolute Gasteiger partial charge is 0.336 e. The van der Waals surface area contributed by atoms with E-state index in [0.29, 0.717) is 22.4 Å². The van der Waals surface area contributed by atoms with E-state index in [4.69, 9.17) is 33.7 Å². The van der Waals surface area contributed by atoms with Gasteiger partial charge in [-0.15, -0.1) is 22.9 Å². The van der Waals surface area contributed by atoms with Crippen LogP contribution in [0, 0.1) is 0 Å². The van der Waals surface area contributed by atoms with Crippen molar-refractivity contribution in [3.8, 4) is 5.75 Å². The molecule has 0 bridgehead atoms. The Labute approximate surface area is 146 Å². The molecule has 0 fully saturated rings. The second kappa shape index (κ2) is 8.71. The Balaban J connectivity index is 2.07. The number of benzene rings is 1. The molecular formula is C14H13Cl2N3O3S. The van der Waals surface area contributed by atoms with E-state index in [1.807, 2.05) is 0 Å². The van der Waals surface area contributed by atoms with E-state index in [1.165, 1.54) is 11.3 Å². The first-order valence-corrected chi connectivity index (χ1v) is 8.24. The number of carbonyl (C=O) groups is 1. The van der Waals surface area contributed by atoms with Crippen LogP contribution in [0.15, 0.2) is 35.6 Å². The van der Waals surface area contributed by atoms with Crippen molar-refractivity contribution in [2.24, 2.45) is 10.9 Å². The Bertz CT molecular complexity index is 706. The number of hydrogen-bond donors (Lipinski definition) is 1. The van der Waals surface area contributed by atoms with Gasteiger partial charge in [0.2, 0.25) is 0 Å².